The van der Waals surface area contributed by atoms with Crippen LogP contribution in [0.1, 0.15) is 5.56 Å². The largest absolute Gasteiger partial charge is 0.508 e. The molecule has 0 saturated carbocycles. The number of aliphatic hydroxyl groups excluding tert-OH is 3. The molecule has 0 unspecified atom stereocenters. The van der Waals surface area contributed by atoms with Gasteiger partial charge in [-0.2, -0.15) is 14.5 Å². The molecule has 1 fully saturated rings. The quantitative estimate of drug-likeness (QED) is 0.254. The third-order valence-electron chi connectivity index (χ3n) is 4.86. The summed E-state index contributed by atoms with van der Waals surface area (Å²) in [5.41, 5.74) is 2.01. The smallest absolute Gasteiger partial charge is 0.460 e. The van der Waals surface area contributed by atoms with E-state index in [9.17, 15) is 19.9 Å². The van der Waals surface area contributed by atoms with Crippen LogP contribution < -0.4 is 16.5 Å². The number of nitrogens with two attached hydrogens (primary N) is 2. The topological polar surface area (TPSA) is 200 Å². The Morgan fingerprint density at radius 2 is 1.73 bits per heavy atom. The summed E-state index contributed by atoms with van der Waals surface area (Å²) < 4.78 is 36.6. The minimum atomic E-state index is -4.54. The van der Waals surface area contributed by atoms with Gasteiger partial charge in [-0.1, -0.05) is 29.8 Å². The number of nitriles is 1. The maximum Gasteiger partial charge on any atom is 0.508 e. The number of phosphoric acid groups is 1. The Kier molecular flexibility index (Phi) is 8.41. The van der Waals surface area contributed by atoms with E-state index in [1.807, 2.05) is 6.07 Å². The summed E-state index contributed by atoms with van der Waals surface area (Å²) in [6.07, 6.45) is -7.89. The van der Waals surface area contributed by atoms with Gasteiger partial charge < -0.3 is 24.8 Å². The second kappa shape index (κ2) is 10.9. The number of halogens is 1. The molecule has 178 valence electrons. The van der Waals surface area contributed by atoms with E-state index in [1.165, 1.54) is 6.07 Å². The SMILES string of the molecule is N#Cc1ccc(-c2ccc(O[C@H]3O[C@H](CO)[C@@H](O)[C@H](O)[C@@H]3OP(=O)(ON)ON)c(Cl)c2)cc1. The molecule has 2 aromatic rings. The summed E-state index contributed by atoms with van der Waals surface area (Å²) >= 11 is 6.35. The van der Waals surface area contributed by atoms with Gasteiger partial charge in [0.15, 0.2) is 6.10 Å². The van der Waals surface area contributed by atoms with Crippen molar-refractivity contribution in [1.29, 1.82) is 5.26 Å². The van der Waals surface area contributed by atoms with Crippen molar-refractivity contribution in [3.63, 3.8) is 0 Å². The van der Waals surface area contributed by atoms with E-state index in [4.69, 9.17) is 42.7 Å². The summed E-state index contributed by atoms with van der Waals surface area (Å²) in [6, 6.07) is 13.6. The number of hydrogen-bond acceptors (Lipinski definition) is 12. The van der Waals surface area contributed by atoms with Gasteiger partial charge in [-0.3, -0.25) is 4.52 Å². The van der Waals surface area contributed by atoms with E-state index in [0.717, 1.165) is 11.1 Å². The third kappa shape index (κ3) is 5.70. The van der Waals surface area contributed by atoms with E-state index < -0.39 is 45.1 Å². The monoisotopic (exact) mass is 501 g/mol. The van der Waals surface area contributed by atoms with Crippen LogP contribution in [0.4, 0.5) is 0 Å². The highest BCUT2D eigenvalue weighted by molar-refractivity contribution is 7.48. The molecule has 1 aliphatic heterocycles. The van der Waals surface area contributed by atoms with Crippen LogP contribution in [-0.4, -0.2) is 52.6 Å². The first-order valence-corrected chi connectivity index (χ1v) is 11.2. The molecule has 0 amide bonds. The number of rotatable bonds is 8. The molecule has 1 aliphatic rings. The van der Waals surface area contributed by atoms with Gasteiger partial charge >= 0.3 is 7.82 Å². The summed E-state index contributed by atoms with van der Waals surface area (Å²) in [4.78, 5) is 0. The summed E-state index contributed by atoms with van der Waals surface area (Å²) in [6.45, 7) is -0.672. The Balaban J connectivity index is 1.87. The molecule has 7 N–H and O–H groups in total. The molecule has 0 bridgehead atoms. The molecule has 33 heavy (non-hydrogen) atoms. The Bertz CT molecular complexity index is 1040. The van der Waals surface area contributed by atoms with Gasteiger partial charge in [0.25, 0.3) is 0 Å². The second-order valence-electron chi connectivity index (χ2n) is 6.89. The predicted octanol–water partition coefficient (Wildman–Crippen LogP) is 0.970. The van der Waals surface area contributed by atoms with Gasteiger partial charge in [0, 0.05) is 0 Å². The van der Waals surface area contributed by atoms with Crippen molar-refractivity contribution in [2.75, 3.05) is 6.61 Å². The van der Waals surface area contributed by atoms with Crippen LogP contribution >= 0.6 is 19.4 Å². The Morgan fingerprint density at radius 3 is 2.27 bits per heavy atom. The van der Waals surface area contributed by atoms with Gasteiger partial charge in [0.1, 0.15) is 24.1 Å². The van der Waals surface area contributed by atoms with Crippen molar-refractivity contribution < 1.29 is 43.1 Å². The Hall–Kier alpha value is -2.11. The molecule has 1 saturated heterocycles. The van der Waals surface area contributed by atoms with Crippen LogP contribution in [0.5, 0.6) is 5.75 Å². The molecule has 3 rings (SSSR count). The van der Waals surface area contributed by atoms with Crippen LogP contribution in [-0.2, 0) is 23.1 Å². The fraction of sp³-hybridized carbons (Fsp3) is 0.316. The van der Waals surface area contributed by atoms with Crippen LogP contribution in [0, 0.1) is 11.3 Å². The van der Waals surface area contributed by atoms with Crippen LogP contribution in [0.2, 0.25) is 5.02 Å². The lowest BCUT2D eigenvalue weighted by Crippen LogP contribution is -2.60. The molecular weight excluding hydrogens is 481 g/mol. The van der Waals surface area contributed by atoms with Gasteiger partial charge in [-0.05, 0) is 35.4 Å². The van der Waals surface area contributed by atoms with Gasteiger partial charge in [-0.15, -0.1) is 0 Å². The van der Waals surface area contributed by atoms with Crippen molar-refractivity contribution in [3.8, 4) is 22.9 Å². The van der Waals surface area contributed by atoms with Gasteiger partial charge in [0.05, 0.1) is 23.3 Å². The first-order chi connectivity index (χ1) is 15.7. The third-order valence-corrected chi connectivity index (χ3v) is 6.17. The zero-order chi connectivity index (χ0) is 24.2. The molecule has 2 aromatic carbocycles. The molecule has 0 aliphatic carbocycles. The number of ether oxygens (including phenoxy) is 2. The molecule has 0 radical (unpaired) electrons. The maximum atomic E-state index is 12.2. The average Bonchev–Trinajstić information content (AvgIpc) is 2.84. The number of aliphatic hydroxyl groups is 3. The molecule has 5 atom stereocenters. The summed E-state index contributed by atoms with van der Waals surface area (Å²) in [7, 11) is -4.54. The van der Waals surface area contributed by atoms with Crippen molar-refractivity contribution >= 4 is 19.4 Å². The lowest BCUT2D eigenvalue weighted by atomic mass is 9.99. The lowest BCUT2D eigenvalue weighted by Gasteiger charge is -2.41. The van der Waals surface area contributed by atoms with Gasteiger partial charge in [0.2, 0.25) is 6.29 Å². The fourth-order valence-electron chi connectivity index (χ4n) is 3.13. The summed E-state index contributed by atoms with van der Waals surface area (Å²) in [5.74, 6) is 9.84. The first-order valence-electron chi connectivity index (χ1n) is 9.39. The Labute approximate surface area is 193 Å². The van der Waals surface area contributed by atoms with Crippen LogP contribution in [0.15, 0.2) is 42.5 Å². The van der Waals surface area contributed by atoms with Crippen molar-refractivity contribution in [1.82, 2.24) is 0 Å². The average molecular weight is 502 g/mol. The highest BCUT2D eigenvalue weighted by Crippen LogP contribution is 2.49. The molecule has 0 aromatic heterocycles. The molecule has 14 heteroatoms. The van der Waals surface area contributed by atoms with E-state index in [1.54, 1.807) is 36.4 Å². The normalized spacial score (nSPS) is 25.4. The van der Waals surface area contributed by atoms with Crippen molar-refractivity contribution in [3.05, 3.63) is 53.1 Å². The van der Waals surface area contributed by atoms with Crippen LogP contribution in [0.25, 0.3) is 11.1 Å². The molecule has 12 nitrogen and oxygen atoms in total. The Morgan fingerprint density at radius 1 is 1.09 bits per heavy atom. The standard InChI is InChI=1S/C19H21ClN3O9P/c20-13-7-12(11-3-1-10(8-21)2-4-11)5-6-14(13)28-19-18(30-33(27,31-22)32-23)17(26)16(25)15(9-24)29-19/h1-7,15-19,24-26H,9,22-23H2/t15-,16-,17+,18+,19+/m1/s1. The molecule has 0 spiro atoms. The predicted molar refractivity (Wildman–Crippen MR) is 113 cm³/mol. The van der Waals surface area contributed by atoms with E-state index in [2.05, 4.69) is 9.25 Å². The second-order valence-corrected chi connectivity index (χ2v) is 8.82. The van der Waals surface area contributed by atoms with Gasteiger partial charge in [-0.25, -0.2) is 16.4 Å². The van der Waals surface area contributed by atoms with Crippen LogP contribution in [0.3, 0.4) is 0 Å². The van der Waals surface area contributed by atoms with Crippen molar-refractivity contribution in [2.24, 2.45) is 11.8 Å². The number of nitrogens with zero attached hydrogens (tertiary/aromatic N) is 1. The first kappa shape index (κ1) is 25.5. The van der Waals surface area contributed by atoms with E-state index >= 15 is 0 Å². The molecule has 1 heterocycles. The number of hydrogen-bond donors (Lipinski definition) is 5. The fourth-order valence-corrected chi connectivity index (χ4v) is 4.02. The maximum absolute atomic E-state index is 12.2. The minimum Gasteiger partial charge on any atom is -0.460 e. The number of benzene rings is 2. The molecular formula is C19H21ClN3O9P. The lowest BCUT2D eigenvalue weighted by molar-refractivity contribution is -0.274. The highest BCUT2D eigenvalue weighted by atomic mass is 35.5. The van der Waals surface area contributed by atoms with Crippen molar-refractivity contribution in [2.45, 2.75) is 30.7 Å². The zero-order valence-electron chi connectivity index (χ0n) is 16.9. The minimum absolute atomic E-state index is 0.0742. The zero-order valence-corrected chi connectivity index (χ0v) is 18.5. The highest BCUT2D eigenvalue weighted by Gasteiger charge is 2.50. The van der Waals surface area contributed by atoms with E-state index in [0.29, 0.717) is 5.56 Å². The summed E-state index contributed by atoms with van der Waals surface area (Å²) in [5, 5.41) is 39.1. The van der Waals surface area contributed by atoms with E-state index in [-0.39, 0.29) is 10.8 Å².